The molecule has 1 aliphatic rings. The first-order chi connectivity index (χ1) is 18.3. The fourth-order valence-corrected chi connectivity index (χ4v) is 6.46. The van der Waals surface area contributed by atoms with E-state index < -0.39 is 11.9 Å². The highest BCUT2D eigenvalue weighted by molar-refractivity contribution is 7.21. The van der Waals surface area contributed by atoms with Crippen molar-refractivity contribution in [1.29, 1.82) is 5.26 Å². The summed E-state index contributed by atoms with van der Waals surface area (Å²) in [4.78, 5) is 13.2. The van der Waals surface area contributed by atoms with Gasteiger partial charge in [0, 0.05) is 26.7 Å². The average Bonchev–Trinajstić information content (AvgIpc) is 3.23. The SMILES string of the molecule is CCCOc1ccc(C2C(C#N)=C(N)Oc3cc(OC(=O)c4sc5cc(Cl)cc(Cl)c5c4Cl)ccc32)cc1. The van der Waals surface area contributed by atoms with Gasteiger partial charge in [-0.1, -0.05) is 59.9 Å². The summed E-state index contributed by atoms with van der Waals surface area (Å²) in [6.07, 6.45) is 0.900. The lowest BCUT2D eigenvalue weighted by atomic mass is 9.83. The number of nitriles is 1. The van der Waals surface area contributed by atoms with Crippen LogP contribution in [0.2, 0.25) is 15.1 Å². The standard InChI is InChI=1S/C28H19Cl3N2O4S/c1-2-9-35-16-5-3-14(4-6-16)23-18-8-7-17(12-21(18)37-27(33)19(23)13-32)36-28(34)26-25(31)24-20(30)10-15(29)11-22(24)38-26/h3-8,10-12,23H,2,9,33H2,1H3. The number of carbonyl (C=O) groups is 1. The second-order valence-electron chi connectivity index (χ2n) is 8.44. The molecule has 38 heavy (non-hydrogen) atoms. The second-order valence-corrected chi connectivity index (χ2v) is 10.7. The molecule has 1 unspecified atom stereocenters. The maximum atomic E-state index is 13.0. The lowest BCUT2D eigenvalue weighted by Crippen LogP contribution is -2.21. The molecule has 1 atom stereocenters. The lowest BCUT2D eigenvalue weighted by Gasteiger charge is -2.26. The lowest BCUT2D eigenvalue weighted by molar-refractivity contribution is 0.0740. The molecular formula is C28H19Cl3N2O4S. The fraction of sp³-hybridized carbons (Fsp3) is 0.143. The molecule has 1 aromatic heterocycles. The van der Waals surface area contributed by atoms with Crippen LogP contribution in [0.15, 0.2) is 66.1 Å². The highest BCUT2D eigenvalue weighted by Crippen LogP contribution is 2.45. The quantitative estimate of drug-likeness (QED) is 0.181. The largest absolute Gasteiger partial charge is 0.494 e. The molecule has 3 aromatic carbocycles. The number of thiophene rings is 1. The number of ether oxygens (including phenoxy) is 3. The molecule has 0 amide bonds. The van der Waals surface area contributed by atoms with E-state index in [9.17, 15) is 10.1 Å². The Balaban J connectivity index is 1.45. The predicted octanol–water partition coefficient (Wildman–Crippen LogP) is 8.09. The molecule has 0 bridgehead atoms. The van der Waals surface area contributed by atoms with Gasteiger partial charge in [0.15, 0.2) is 0 Å². The molecule has 4 aromatic rings. The maximum Gasteiger partial charge on any atom is 0.355 e. The van der Waals surface area contributed by atoms with Gasteiger partial charge in [0.1, 0.15) is 33.8 Å². The van der Waals surface area contributed by atoms with E-state index in [0.717, 1.165) is 29.1 Å². The van der Waals surface area contributed by atoms with Gasteiger partial charge in [-0.25, -0.2) is 4.79 Å². The van der Waals surface area contributed by atoms with Crippen LogP contribution in [-0.4, -0.2) is 12.6 Å². The van der Waals surface area contributed by atoms with E-state index in [1.54, 1.807) is 30.3 Å². The van der Waals surface area contributed by atoms with Crippen molar-refractivity contribution in [2.24, 2.45) is 5.73 Å². The van der Waals surface area contributed by atoms with Crippen molar-refractivity contribution in [1.82, 2.24) is 0 Å². The Morgan fingerprint density at radius 1 is 1.11 bits per heavy atom. The van der Waals surface area contributed by atoms with Crippen LogP contribution in [0.5, 0.6) is 17.2 Å². The number of hydrogen-bond acceptors (Lipinski definition) is 7. The molecule has 0 radical (unpaired) electrons. The topological polar surface area (TPSA) is 94.6 Å². The van der Waals surface area contributed by atoms with Gasteiger partial charge in [-0.2, -0.15) is 5.26 Å². The van der Waals surface area contributed by atoms with Gasteiger partial charge in [0.25, 0.3) is 0 Å². The molecule has 0 fully saturated rings. The van der Waals surface area contributed by atoms with E-state index in [4.69, 9.17) is 54.7 Å². The smallest absolute Gasteiger partial charge is 0.355 e. The van der Waals surface area contributed by atoms with Crippen molar-refractivity contribution >= 4 is 62.2 Å². The number of halogens is 3. The number of allylic oxidation sites excluding steroid dienone is 1. The van der Waals surface area contributed by atoms with Gasteiger partial charge >= 0.3 is 5.97 Å². The van der Waals surface area contributed by atoms with Crippen LogP contribution < -0.4 is 19.9 Å². The normalized spacial score (nSPS) is 14.6. The van der Waals surface area contributed by atoms with E-state index in [1.165, 1.54) is 0 Å². The third-order valence-corrected chi connectivity index (χ3v) is 8.05. The van der Waals surface area contributed by atoms with Crippen molar-refractivity contribution in [3.63, 3.8) is 0 Å². The molecule has 10 heteroatoms. The van der Waals surface area contributed by atoms with E-state index in [-0.39, 0.29) is 27.1 Å². The summed E-state index contributed by atoms with van der Waals surface area (Å²) < 4.78 is 17.7. The van der Waals surface area contributed by atoms with Crippen molar-refractivity contribution < 1.29 is 19.0 Å². The molecule has 0 aliphatic carbocycles. The van der Waals surface area contributed by atoms with Gasteiger partial charge in [0.05, 0.1) is 22.6 Å². The predicted molar refractivity (Wildman–Crippen MR) is 150 cm³/mol. The molecule has 0 saturated carbocycles. The summed E-state index contributed by atoms with van der Waals surface area (Å²) >= 11 is 20.0. The highest BCUT2D eigenvalue weighted by atomic mass is 35.5. The fourth-order valence-electron chi connectivity index (χ4n) is 4.21. The molecule has 0 spiro atoms. The van der Waals surface area contributed by atoms with Crippen LogP contribution in [-0.2, 0) is 0 Å². The summed E-state index contributed by atoms with van der Waals surface area (Å²) in [5, 5.41) is 11.3. The van der Waals surface area contributed by atoms with Crippen LogP contribution >= 0.6 is 46.1 Å². The van der Waals surface area contributed by atoms with Gasteiger partial charge in [-0.05, 0) is 42.3 Å². The van der Waals surface area contributed by atoms with Crippen LogP contribution in [0.1, 0.15) is 40.1 Å². The Labute approximate surface area is 237 Å². The molecular weight excluding hydrogens is 567 g/mol. The molecule has 1 aliphatic heterocycles. The Bertz CT molecular complexity index is 1640. The molecule has 6 nitrogen and oxygen atoms in total. The van der Waals surface area contributed by atoms with E-state index in [2.05, 4.69) is 6.07 Å². The van der Waals surface area contributed by atoms with Crippen LogP contribution in [0, 0.1) is 11.3 Å². The zero-order chi connectivity index (χ0) is 27.0. The first kappa shape index (κ1) is 26.2. The number of esters is 1. The molecule has 5 rings (SSSR count). The second kappa shape index (κ2) is 10.8. The summed E-state index contributed by atoms with van der Waals surface area (Å²) in [5.74, 6) is 0.210. The summed E-state index contributed by atoms with van der Waals surface area (Å²) in [5.41, 5.74) is 7.96. The maximum absolute atomic E-state index is 13.0. The van der Waals surface area contributed by atoms with Crippen LogP contribution in [0.4, 0.5) is 0 Å². The highest BCUT2D eigenvalue weighted by Gasteiger charge is 2.31. The minimum Gasteiger partial charge on any atom is -0.494 e. The number of carbonyl (C=O) groups excluding carboxylic acids is 1. The van der Waals surface area contributed by atoms with Gasteiger partial charge in [-0.3, -0.25) is 0 Å². The Morgan fingerprint density at radius 3 is 2.55 bits per heavy atom. The number of rotatable bonds is 6. The zero-order valence-corrected chi connectivity index (χ0v) is 23.0. The number of fused-ring (bicyclic) bond motifs is 2. The molecule has 0 saturated heterocycles. The number of hydrogen-bond donors (Lipinski definition) is 1. The third kappa shape index (κ3) is 4.89. The third-order valence-electron chi connectivity index (χ3n) is 5.92. The minimum absolute atomic E-state index is 0.0149. The molecule has 2 N–H and O–H groups in total. The average molecular weight is 586 g/mol. The molecule has 192 valence electrons. The summed E-state index contributed by atoms with van der Waals surface area (Å²) in [6, 6.07) is 17.9. The first-order valence-corrected chi connectivity index (χ1v) is 13.5. The van der Waals surface area contributed by atoms with Crippen LogP contribution in [0.3, 0.4) is 0 Å². The van der Waals surface area contributed by atoms with E-state index >= 15 is 0 Å². The summed E-state index contributed by atoms with van der Waals surface area (Å²) in [6.45, 7) is 2.65. The summed E-state index contributed by atoms with van der Waals surface area (Å²) in [7, 11) is 0. The monoisotopic (exact) mass is 584 g/mol. The van der Waals surface area contributed by atoms with Gasteiger partial charge < -0.3 is 19.9 Å². The van der Waals surface area contributed by atoms with Crippen LogP contribution in [0.25, 0.3) is 10.1 Å². The van der Waals surface area contributed by atoms with E-state index in [0.29, 0.717) is 38.1 Å². The number of nitrogens with zero attached hydrogens (tertiary/aromatic N) is 1. The van der Waals surface area contributed by atoms with E-state index in [1.807, 2.05) is 31.2 Å². The van der Waals surface area contributed by atoms with Gasteiger partial charge in [0.2, 0.25) is 5.88 Å². The number of nitrogens with two attached hydrogens (primary N) is 1. The Kier molecular flexibility index (Phi) is 7.42. The zero-order valence-electron chi connectivity index (χ0n) is 19.9. The Morgan fingerprint density at radius 2 is 1.84 bits per heavy atom. The first-order valence-electron chi connectivity index (χ1n) is 11.5. The molecule has 2 heterocycles. The van der Waals surface area contributed by atoms with Crippen molar-refractivity contribution in [3.05, 3.63) is 97.1 Å². The van der Waals surface area contributed by atoms with Crippen molar-refractivity contribution in [2.75, 3.05) is 6.61 Å². The minimum atomic E-state index is -0.653. The van der Waals surface area contributed by atoms with Crippen molar-refractivity contribution in [3.8, 4) is 23.3 Å². The van der Waals surface area contributed by atoms with Gasteiger partial charge in [-0.15, -0.1) is 11.3 Å². The van der Waals surface area contributed by atoms with Crippen molar-refractivity contribution in [2.45, 2.75) is 19.3 Å². The number of benzene rings is 3. The Hall–Kier alpha value is -3.41.